The standard InChI is InChI=1S/C12H25NOS/c1-12(2,3)15(14)9-11(13-4)10-7-5-6-8-10/h10-11,13H,5-9H2,1-4H3. The Labute approximate surface area is 96.7 Å². The fourth-order valence-electron chi connectivity index (χ4n) is 2.23. The van der Waals surface area contributed by atoms with Crippen molar-refractivity contribution in [2.24, 2.45) is 5.92 Å². The molecule has 1 rings (SSSR count). The third-order valence-electron chi connectivity index (χ3n) is 3.35. The summed E-state index contributed by atoms with van der Waals surface area (Å²) in [5, 5.41) is 3.35. The molecule has 1 aliphatic rings. The minimum atomic E-state index is -0.726. The van der Waals surface area contributed by atoms with Gasteiger partial charge in [0, 0.05) is 27.3 Å². The zero-order valence-electron chi connectivity index (χ0n) is 10.5. The second-order valence-electron chi connectivity index (χ2n) is 5.56. The molecular weight excluding hydrogens is 206 g/mol. The first-order chi connectivity index (χ1) is 6.95. The Morgan fingerprint density at radius 1 is 1.33 bits per heavy atom. The van der Waals surface area contributed by atoms with Crippen molar-refractivity contribution in [3.8, 4) is 0 Å². The van der Waals surface area contributed by atoms with Gasteiger partial charge in [0.2, 0.25) is 0 Å². The Balaban J connectivity index is 2.49. The van der Waals surface area contributed by atoms with Gasteiger partial charge in [-0.2, -0.15) is 0 Å². The SMILES string of the molecule is CNC(CS(=O)C(C)(C)C)C1CCCC1. The molecule has 1 N–H and O–H groups in total. The van der Waals surface area contributed by atoms with E-state index < -0.39 is 10.8 Å². The van der Waals surface area contributed by atoms with E-state index in [1.807, 2.05) is 7.05 Å². The molecule has 0 heterocycles. The van der Waals surface area contributed by atoms with Crippen LogP contribution >= 0.6 is 0 Å². The molecule has 0 spiro atoms. The predicted octanol–water partition coefficient (Wildman–Crippen LogP) is 2.31. The number of rotatable bonds is 4. The Kier molecular flexibility index (Phi) is 4.78. The van der Waals surface area contributed by atoms with Gasteiger partial charge in [-0.05, 0) is 46.6 Å². The smallest absolute Gasteiger partial charge is 0.0396 e. The van der Waals surface area contributed by atoms with Crippen molar-refractivity contribution in [2.75, 3.05) is 12.8 Å². The summed E-state index contributed by atoms with van der Waals surface area (Å²) in [4.78, 5) is 0. The largest absolute Gasteiger partial charge is 0.316 e. The van der Waals surface area contributed by atoms with Crippen LogP contribution < -0.4 is 5.32 Å². The Morgan fingerprint density at radius 2 is 1.87 bits per heavy atom. The Hall–Kier alpha value is 0.110. The first kappa shape index (κ1) is 13.2. The fraction of sp³-hybridized carbons (Fsp3) is 1.00. The monoisotopic (exact) mass is 231 g/mol. The van der Waals surface area contributed by atoms with Gasteiger partial charge in [0.15, 0.2) is 0 Å². The van der Waals surface area contributed by atoms with Crippen LogP contribution in [-0.2, 0) is 10.8 Å². The van der Waals surface area contributed by atoms with Crippen molar-refractivity contribution < 1.29 is 4.21 Å². The zero-order chi connectivity index (χ0) is 11.5. The lowest BCUT2D eigenvalue weighted by molar-refractivity contribution is 0.406. The molecule has 0 amide bonds. The summed E-state index contributed by atoms with van der Waals surface area (Å²) in [7, 11) is 1.28. The van der Waals surface area contributed by atoms with Crippen LogP contribution in [0, 0.1) is 5.92 Å². The molecule has 0 radical (unpaired) electrons. The molecule has 0 aromatic rings. The van der Waals surface area contributed by atoms with Crippen molar-refractivity contribution in [3.63, 3.8) is 0 Å². The van der Waals surface area contributed by atoms with Crippen LogP contribution in [-0.4, -0.2) is 27.8 Å². The number of nitrogens with one attached hydrogen (secondary N) is 1. The van der Waals surface area contributed by atoms with Crippen LogP contribution in [0.3, 0.4) is 0 Å². The van der Waals surface area contributed by atoms with Gasteiger partial charge in [0.05, 0.1) is 0 Å². The third-order valence-corrected chi connectivity index (χ3v) is 5.38. The van der Waals surface area contributed by atoms with E-state index in [4.69, 9.17) is 0 Å². The van der Waals surface area contributed by atoms with Crippen LogP contribution in [0.2, 0.25) is 0 Å². The lowest BCUT2D eigenvalue weighted by Crippen LogP contribution is -2.40. The Bertz CT molecular complexity index is 216. The summed E-state index contributed by atoms with van der Waals surface area (Å²) in [6.07, 6.45) is 5.33. The van der Waals surface area contributed by atoms with E-state index in [0.29, 0.717) is 6.04 Å². The molecule has 1 saturated carbocycles. The minimum absolute atomic E-state index is 0.0757. The summed E-state index contributed by atoms with van der Waals surface area (Å²) in [6.45, 7) is 6.18. The molecule has 1 fully saturated rings. The highest BCUT2D eigenvalue weighted by Crippen LogP contribution is 2.28. The van der Waals surface area contributed by atoms with Crippen LogP contribution in [0.5, 0.6) is 0 Å². The number of hydrogen-bond donors (Lipinski definition) is 1. The van der Waals surface area contributed by atoms with Crippen molar-refractivity contribution in [3.05, 3.63) is 0 Å². The van der Waals surface area contributed by atoms with E-state index in [1.165, 1.54) is 25.7 Å². The maximum absolute atomic E-state index is 12.1. The van der Waals surface area contributed by atoms with Gasteiger partial charge < -0.3 is 5.32 Å². The second kappa shape index (κ2) is 5.44. The van der Waals surface area contributed by atoms with E-state index in [0.717, 1.165) is 11.7 Å². The topological polar surface area (TPSA) is 29.1 Å². The maximum Gasteiger partial charge on any atom is 0.0396 e. The molecular formula is C12H25NOS. The molecule has 0 bridgehead atoms. The van der Waals surface area contributed by atoms with E-state index in [-0.39, 0.29) is 4.75 Å². The molecule has 0 saturated heterocycles. The van der Waals surface area contributed by atoms with Crippen molar-refractivity contribution in [1.29, 1.82) is 0 Å². The molecule has 90 valence electrons. The molecule has 0 aliphatic heterocycles. The normalized spacial score (nSPS) is 22.9. The van der Waals surface area contributed by atoms with Crippen molar-refractivity contribution in [1.82, 2.24) is 5.32 Å². The van der Waals surface area contributed by atoms with Crippen LogP contribution in [0.1, 0.15) is 46.5 Å². The van der Waals surface area contributed by atoms with Gasteiger partial charge in [-0.3, -0.25) is 4.21 Å². The molecule has 0 aromatic carbocycles. The van der Waals surface area contributed by atoms with Gasteiger partial charge in [-0.15, -0.1) is 0 Å². The average molecular weight is 231 g/mol. The lowest BCUT2D eigenvalue weighted by atomic mass is 10.0. The van der Waals surface area contributed by atoms with Crippen LogP contribution in [0.25, 0.3) is 0 Å². The van der Waals surface area contributed by atoms with Gasteiger partial charge in [-0.25, -0.2) is 0 Å². The van der Waals surface area contributed by atoms with Gasteiger partial charge in [0.1, 0.15) is 0 Å². The predicted molar refractivity (Wildman–Crippen MR) is 67.6 cm³/mol. The molecule has 1 aliphatic carbocycles. The summed E-state index contributed by atoms with van der Waals surface area (Å²) in [6, 6.07) is 0.451. The third kappa shape index (κ3) is 3.87. The second-order valence-corrected chi connectivity index (χ2v) is 7.81. The lowest BCUT2D eigenvalue weighted by Gasteiger charge is -2.26. The highest BCUT2D eigenvalue weighted by atomic mass is 32.2. The van der Waals surface area contributed by atoms with Gasteiger partial charge >= 0.3 is 0 Å². The zero-order valence-corrected chi connectivity index (χ0v) is 11.3. The van der Waals surface area contributed by atoms with E-state index in [2.05, 4.69) is 26.1 Å². The highest BCUT2D eigenvalue weighted by molar-refractivity contribution is 7.86. The first-order valence-corrected chi connectivity index (χ1v) is 7.33. The van der Waals surface area contributed by atoms with Crippen LogP contribution in [0.15, 0.2) is 0 Å². The van der Waals surface area contributed by atoms with E-state index >= 15 is 0 Å². The summed E-state index contributed by atoms with van der Waals surface area (Å²) >= 11 is 0. The minimum Gasteiger partial charge on any atom is -0.316 e. The van der Waals surface area contributed by atoms with E-state index in [1.54, 1.807) is 0 Å². The van der Waals surface area contributed by atoms with Gasteiger partial charge in [0.25, 0.3) is 0 Å². The maximum atomic E-state index is 12.1. The van der Waals surface area contributed by atoms with Crippen molar-refractivity contribution >= 4 is 10.8 Å². The van der Waals surface area contributed by atoms with E-state index in [9.17, 15) is 4.21 Å². The molecule has 2 unspecified atom stereocenters. The molecule has 2 atom stereocenters. The number of hydrogen-bond acceptors (Lipinski definition) is 2. The molecule has 15 heavy (non-hydrogen) atoms. The quantitative estimate of drug-likeness (QED) is 0.804. The first-order valence-electron chi connectivity index (χ1n) is 6.01. The highest BCUT2D eigenvalue weighted by Gasteiger charge is 2.28. The summed E-state index contributed by atoms with van der Waals surface area (Å²) in [5.41, 5.74) is 0. The molecule has 3 heteroatoms. The Morgan fingerprint density at radius 3 is 2.27 bits per heavy atom. The average Bonchev–Trinajstić information content (AvgIpc) is 2.64. The summed E-state index contributed by atoms with van der Waals surface area (Å²) in [5.74, 6) is 1.56. The molecule has 2 nitrogen and oxygen atoms in total. The van der Waals surface area contributed by atoms with Crippen LogP contribution in [0.4, 0.5) is 0 Å². The molecule has 0 aromatic heterocycles. The fourth-order valence-corrected chi connectivity index (χ4v) is 3.49. The van der Waals surface area contributed by atoms with Crippen molar-refractivity contribution in [2.45, 2.75) is 57.2 Å². The van der Waals surface area contributed by atoms with Gasteiger partial charge in [-0.1, -0.05) is 12.8 Å². The summed E-state index contributed by atoms with van der Waals surface area (Å²) < 4.78 is 12.0.